The van der Waals surface area contributed by atoms with Crippen molar-refractivity contribution < 1.29 is 28.5 Å². The summed E-state index contributed by atoms with van der Waals surface area (Å²) in [6.45, 7) is 8.58. The molecule has 6 nitrogen and oxygen atoms in total. The van der Waals surface area contributed by atoms with Crippen LogP contribution in [0.4, 0.5) is 0 Å². The van der Waals surface area contributed by atoms with Crippen LogP contribution in [0, 0.1) is 0 Å². The molecule has 1 N–H and O–H groups in total. The third kappa shape index (κ3) is 12.1. The minimum absolute atomic E-state index is 0.0519. The van der Waals surface area contributed by atoms with Gasteiger partial charge in [-0.05, 0) is 46.8 Å². The van der Waals surface area contributed by atoms with Crippen molar-refractivity contribution in [1.29, 1.82) is 0 Å². The summed E-state index contributed by atoms with van der Waals surface area (Å²) in [6, 6.07) is 43.6. The van der Waals surface area contributed by atoms with Gasteiger partial charge in [-0.2, -0.15) is 0 Å². The van der Waals surface area contributed by atoms with Crippen molar-refractivity contribution >= 4 is 8.32 Å². The fourth-order valence-electron chi connectivity index (χ4n) is 5.99. The van der Waals surface area contributed by atoms with Crippen LogP contribution in [0.15, 0.2) is 121 Å². The smallest absolute Gasteiger partial charge is 0.192 e. The SMILES string of the molecule is CC[Si](CC)(CC)O[C@H](COCc1ccccc1)[C@H](OCc1ccccc1)[C@H](OCc1ccccc1)[C@H](CCO)OCc1ccccc1. The minimum Gasteiger partial charge on any atom is -0.409 e. The predicted molar refractivity (Wildman–Crippen MR) is 195 cm³/mol. The zero-order valence-corrected chi connectivity index (χ0v) is 29.9. The van der Waals surface area contributed by atoms with E-state index >= 15 is 0 Å². The minimum atomic E-state index is -2.14. The number of aliphatic hydroxyl groups excluding tert-OH is 1. The maximum Gasteiger partial charge on any atom is 0.192 e. The number of benzene rings is 4. The third-order valence-corrected chi connectivity index (χ3v) is 13.7. The van der Waals surface area contributed by atoms with E-state index in [0.29, 0.717) is 39.5 Å². The molecule has 0 aromatic heterocycles. The van der Waals surface area contributed by atoms with Crippen LogP contribution in [0.25, 0.3) is 0 Å². The summed E-state index contributed by atoms with van der Waals surface area (Å²) in [4.78, 5) is 0. The van der Waals surface area contributed by atoms with Crippen molar-refractivity contribution in [1.82, 2.24) is 0 Å². The monoisotopic (exact) mass is 670 g/mol. The summed E-state index contributed by atoms with van der Waals surface area (Å²) in [5.41, 5.74) is 4.26. The molecular formula is C41H54O6Si. The van der Waals surface area contributed by atoms with E-state index in [-0.39, 0.29) is 6.61 Å². The average Bonchev–Trinajstić information content (AvgIpc) is 3.15. The molecule has 0 amide bonds. The Morgan fingerprint density at radius 3 is 1.27 bits per heavy atom. The molecule has 48 heavy (non-hydrogen) atoms. The molecule has 0 spiro atoms. The zero-order chi connectivity index (χ0) is 33.9. The second-order valence-corrected chi connectivity index (χ2v) is 17.0. The first-order valence-electron chi connectivity index (χ1n) is 17.5. The molecule has 0 saturated carbocycles. The number of hydrogen-bond donors (Lipinski definition) is 1. The Kier molecular flexibility index (Phi) is 16.5. The Labute approximate surface area is 289 Å². The Morgan fingerprint density at radius 2 is 0.875 bits per heavy atom. The summed E-state index contributed by atoms with van der Waals surface area (Å²) in [6.07, 6.45) is -1.62. The fraction of sp³-hybridized carbons (Fsp3) is 0.415. The van der Waals surface area contributed by atoms with E-state index in [1.54, 1.807) is 0 Å². The number of rotatable bonds is 23. The van der Waals surface area contributed by atoms with E-state index in [1.165, 1.54) is 0 Å². The molecule has 4 rings (SSSR count). The predicted octanol–water partition coefficient (Wildman–Crippen LogP) is 8.73. The number of hydrogen-bond acceptors (Lipinski definition) is 6. The van der Waals surface area contributed by atoms with Gasteiger partial charge in [0.15, 0.2) is 8.32 Å². The lowest BCUT2D eigenvalue weighted by Gasteiger charge is -2.41. The lowest BCUT2D eigenvalue weighted by atomic mass is 9.99. The molecule has 0 bridgehead atoms. The van der Waals surface area contributed by atoms with Crippen molar-refractivity contribution in [2.45, 2.75) is 96.2 Å². The lowest BCUT2D eigenvalue weighted by molar-refractivity contribution is -0.187. The number of aliphatic hydroxyl groups is 1. The van der Waals surface area contributed by atoms with E-state index in [0.717, 1.165) is 40.4 Å². The van der Waals surface area contributed by atoms with Crippen LogP contribution in [0.1, 0.15) is 49.4 Å². The summed E-state index contributed by atoms with van der Waals surface area (Å²) >= 11 is 0. The molecule has 0 radical (unpaired) electrons. The van der Waals surface area contributed by atoms with Crippen molar-refractivity contribution in [2.24, 2.45) is 0 Å². The van der Waals surface area contributed by atoms with Crippen LogP contribution in [0.3, 0.4) is 0 Å². The quantitative estimate of drug-likeness (QED) is 0.0797. The summed E-state index contributed by atoms with van der Waals surface area (Å²) < 4.78 is 34.2. The summed E-state index contributed by atoms with van der Waals surface area (Å²) in [7, 11) is -2.14. The van der Waals surface area contributed by atoms with Crippen molar-refractivity contribution in [3.63, 3.8) is 0 Å². The van der Waals surface area contributed by atoms with Gasteiger partial charge in [-0.15, -0.1) is 0 Å². The molecule has 0 aliphatic carbocycles. The van der Waals surface area contributed by atoms with E-state index < -0.39 is 32.7 Å². The zero-order valence-electron chi connectivity index (χ0n) is 28.9. The van der Waals surface area contributed by atoms with Gasteiger partial charge in [0, 0.05) is 6.61 Å². The topological polar surface area (TPSA) is 66.4 Å². The van der Waals surface area contributed by atoms with Crippen LogP contribution in [-0.4, -0.2) is 51.1 Å². The van der Waals surface area contributed by atoms with Crippen molar-refractivity contribution in [3.05, 3.63) is 144 Å². The fourth-order valence-corrected chi connectivity index (χ4v) is 8.84. The summed E-state index contributed by atoms with van der Waals surface area (Å²) in [5.74, 6) is 0. The van der Waals surface area contributed by atoms with Gasteiger partial charge in [0.2, 0.25) is 0 Å². The van der Waals surface area contributed by atoms with Crippen molar-refractivity contribution in [2.75, 3.05) is 13.2 Å². The van der Waals surface area contributed by atoms with Gasteiger partial charge in [-0.1, -0.05) is 142 Å². The molecule has 4 aromatic carbocycles. The Balaban J connectivity index is 1.73. The molecule has 4 atom stereocenters. The van der Waals surface area contributed by atoms with Crippen LogP contribution >= 0.6 is 0 Å². The highest BCUT2D eigenvalue weighted by Gasteiger charge is 2.42. The first-order valence-corrected chi connectivity index (χ1v) is 20.0. The van der Waals surface area contributed by atoms with Crippen LogP contribution < -0.4 is 0 Å². The molecule has 0 aliphatic heterocycles. The Bertz CT molecular complexity index is 1360. The molecule has 258 valence electrons. The van der Waals surface area contributed by atoms with Gasteiger partial charge in [-0.3, -0.25) is 0 Å². The van der Waals surface area contributed by atoms with Crippen LogP contribution in [0.2, 0.25) is 18.1 Å². The van der Waals surface area contributed by atoms with E-state index in [4.69, 9.17) is 23.4 Å². The lowest BCUT2D eigenvalue weighted by Crippen LogP contribution is -2.54. The molecule has 0 unspecified atom stereocenters. The standard InChI is InChI=1S/C41H54O6Si/c1-4-48(5-2,6-3)47-39(33-43-29-34-19-11-7-12-20-34)41(46-32-37-25-17-10-18-26-37)40(45-31-36-23-15-9-16-24-36)38(27-28-42)44-30-35-21-13-8-14-22-35/h7-26,38-42H,4-6,27-33H2,1-3H3/t38-,39+,40+,41-/m0/s1. The highest BCUT2D eigenvalue weighted by Crippen LogP contribution is 2.30. The highest BCUT2D eigenvalue weighted by atomic mass is 28.4. The Morgan fingerprint density at radius 1 is 0.500 bits per heavy atom. The molecule has 0 heterocycles. The molecule has 0 saturated heterocycles. The normalized spacial score (nSPS) is 14.3. The van der Waals surface area contributed by atoms with E-state index in [1.807, 2.05) is 84.9 Å². The summed E-state index contributed by atoms with van der Waals surface area (Å²) in [5, 5.41) is 10.3. The van der Waals surface area contributed by atoms with E-state index in [2.05, 4.69) is 57.2 Å². The molecule has 7 heteroatoms. The molecular weight excluding hydrogens is 617 g/mol. The van der Waals surface area contributed by atoms with Gasteiger partial charge < -0.3 is 28.5 Å². The second-order valence-electron chi connectivity index (χ2n) is 12.3. The number of ether oxygens (including phenoxy) is 4. The van der Waals surface area contributed by atoms with Crippen molar-refractivity contribution in [3.8, 4) is 0 Å². The van der Waals surface area contributed by atoms with Gasteiger partial charge >= 0.3 is 0 Å². The van der Waals surface area contributed by atoms with Gasteiger partial charge in [0.1, 0.15) is 12.2 Å². The largest absolute Gasteiger partial charge is 0.409 e. The van der Waals surface area contributed by atoms with Crippen LogP contribution in [0.5, 0.6) is 0 Å². The molecule has 0 aliphatic rings. The highest BCUT2D eigenvalue weighted by molar-refractivity contribution is 6.73. The Hall–Kier alpha value is -3.14. The maximum absolute atomic E-state index is 10.3. The van der Waals surface area contributed by atoms with Crippen LogP contribution in [-0.2, 0) is 49.8 Å². The first kappa shape index (κ1) is 37.7. The van der Waals surface area contributed by atoms with Gasteiger partial charge in [-0.25, -0.2) is 0 Å². The maximum atomic E-state index is 10.3. The van der Waals surface area contributed by atoms with Gasteiger partial charge in [0.05, 0.1) is 45.2 Å². The average molecular weight is 671 g/mol. The molecule has 0 fully saturated rings. The first-order chi connectivity index (χ1) is 23.6. The second kappa shape index (κ2) is 21.1. The third-order valence-electron chi connectivity index (χ3n) is 9.08. The van der Waals surface area contributed by atoms with Gasteiger partial charge in [0.25, 0.3) is 0 Å². The van der Waals surface area contributed by atoms with E-state index in [9.17, 15) is 5.11 Å². The molecule has 4 aromatic rings.